The van der Waals surface area contributed by atoms with Crippen molar-refractivity contribution in [3.8, 4) is 0 Å². The molecular weight excluding hydrogens is 314 g/mol. The van der Waals surface area contributed by atoms with Crippen molar-refractivity contribution in [3.05, 3.63) is 65.5 Å². The molecule has 4 nitrogen and oxygen atoms in total. The van der Waals surface area contributed by atoms with Crippen molar-refractivity contribution < 1.29 is 19.0 Å². The molecule has 0 spiro atoms. The first kappa shape index (κ1) is 16.5. The molecule has 3 aromatic rings. The zero-order valence-electron chi connectivity index (χ0n) is 13.0. The van der Waals surface area contributed by atoms with Crippen molar-refractivity contribution >= 4 is 11.0 Å². The number of aliphatic hydroxyl groups is 2. The number of benzene rings is 2. The number of halogens is 2. The molecule has 1 atom stereocenters. The molecule has 1 heterocycles. The molecule has 0 bridgehead atoms. The van der Waals surface area contributed by atoms with Crippen molar-refractivity contribution in [2.75, 3.05) is 6.61 Å². The molecule has 126 valence electrons. The van der Waals surface area contributed by atoms with Crippen LogP contribution in [0.1, 0.15) is 23.9 Å². The largest absolute Gasteiger partial charge is 0.396 e. The number of aliphatic hydroxyl groups excluding tert-OH is 2. The van der Waals surface area contributed by atoms with Crippen LogP contribution in [0.4, 0.5) is 8.78 Å². The second-order valence-electron chi connectivity index (χ2n) is 5.61. The normalized spacial score (nSPS) is 12.7. The second-order valence-corrected chi connectivity index (χ2v) is 5.61. The van der Waals surface area contributed by atoms with Crippen molar-refractivity contribution in [1.82, 2.24) is 9.55 Å². The lowest BCUT2D eigenvalue weighted by molar-refractivity contribution is 0.147. The minimum atomic E-state index is -1.34. The maximum atomic E-state index is 13.9. The predicted molar refractivity (Wildman–Crippen MR) is 86.5 cm³/mol. The lowest BCUT2D eigenvalue weighted by Crippen LogP contribution is -2.14. The lowest BCUT2D eigenvalue weighted by Gasteiger charge is -2.16. The fourth-order valence-corrected chi connectivity index (χ4v) is 2.85. The minimum Gasteiger partial charge on any atom is -0.396 e. The summed E-state index contributed by atoms with van der Waals surface area (Å²) in [5.74, 6) is -0.881. The van der Waals surface area contributed by atoms with Crippen molar-refractivity contribution in [3.63, 3.8) is 0 Å². The summed E-state index contributed by atoms with van der Waals surface area (Å²) in [4.78, 5) is 4.50. The molecule has 0 fully saturated rings. The summed E-state index contributed by atoms with van der Waals surface area (Å²) in [5, 5.41) is 19.4. The molecule has 3 rings (SSSR count). The highest BCUT2D eigenvalue weighted by Crippen LogP contribution is 2.25. The minimum absolute atomic E-state index is 0.0148. The topological polar surface area (TPSA) is 58.3 Å². The van der Waals surface area contributed by atoms with Gasteiger partial charge in [-0.1, -0.05) is 18.2 Å². The number of aromatic nitrogens is 2. The Morgan fingerprint density at radius 3 is 2.46 bits per heavy atom. The molecule has 0 amide bonds. The monoisotopic (exact) mass is 332 g/mol. The van der Waals surface area contributed by atoms with E-state index in [0.717, 1.165) is 23.2 Å². The van der Waals surface area contributed by atoms with Gasteiger partial charge < -0.3 is 14.8 Å². The molecule has 1 aromatic heterocycles. The van der Waals surface area contributed by atoms with Gasteiger partial charge in [-0.3, -0.25) is 0 Å². The number of nitrogens with zero attached hydrogens (tertiary/aromatic N) is 2. The predicted octanol–water partition coefficient (Wildman–Crippen LogP) is 2.97. The smallest absolute Gasteiger partial charge is 0.132 e. The highest BCUT2D eigenvalue weighted by atomic mass is 19.1. The first-order valence-electron chi connectivity index (χ1n) is 7.78. The number of hydrogen-bond donors (Lipinski definition) is 2. The quantitative estimate of drug-likeness (QED) is 0.730. The van der Waals surface area contributed by atoms with Crippen LogP contribution in [0.3, 0.4) is 0 Å². The van der Waals surface area contributed by atoms with Crippen molar-refractivity contribution in [1.29, 1.82) is 0 Å². The molecule has 1 unspecified atom stereocenters. The van der Waals surface area contributed by atoms with Crippen molar-refractivity contribution in [2.24, 2.45) is 0 Å². The maximum absolute atomic E-state index is 13.9. The van der Waals surface area contributed by atoms with Crippen LogP contribution < -0.4 is 0 Å². The van der Waals surface area contributed by atoms with Gasteiger partial charge in [-0.25, -0.2) is 13.8 Å². The third kappa shape index (κ3) is 3.16. The summed E-state index contributed by atoms with van der Waals surface area (Å²) in [6.45, 7) is 0.00677. The van der Waals surface area contributed by atoms with Gasteiger partial charge in [0.05, 0.1) is 23.1 Å². The average molecular weight is 332 g/mol. The van der Waals surface area contributed by atoms with Crippen LogP contribution >= 0.6 is 0 Å². The highest BCUT2D eigenvalue weighted by Gasteiger charge is 2.20. The molecule has 0 aliphatic heterocycles. The molecule has 0 aliphatic carbocycles. The lowest BCUT2D eigenvalue weighted by atomic mass is 10.1. The SMILES string of the molecule is OCCCc1nc2ccccc2n1CC(O)c1c(F)cccc1F. The second kappa shape index (κ2) is 7.07. The van der Waals surface area contributed by atoms with E-state index < -0.39 is 17.7 Å². The van der Waals surface area contributed by atoms with Gasteiger partial charge in [-0.15, -0.1) is 0 Å². The number of aryl methyl sites for hydroxylation is 1. The van der Waals surface area contributed by atoms with Crippen molar-refractivity contribution in [2.45, 2.75) is 25.5 Å². The zero-order valence-corrected chi connectivity index (χ0v) is 13.0. The van der Waals surface area contributed by atoms with Crippen LogP contribution in [0.15, 0.2) is 42.5 Å². The Morgan fingerprint density at radius 2 is 1.75 bits per heavy atom. The van der Waals surface area contributed by atoms with Gasteiger partial charge in [-0.2, -0.15) is 0 Å². The Balaban J connectivity index is 1.99. The van der Waals surface area contributed by atoms with Crippen LogP contribution in [0.5, 0.6) is 0 Å². The van der Waals surface area contributed by atoms with Gasteiger partial charge in [0.25, 0.3) is 0 Å². The van der Waals surface area contributed by atoms with E-state index in [1.165, 1.54) is 6.07 Å². The molecular formula is C18H18F2N2O2. The van der Waals surface area contributed by atoms with Crippen LogP contribution in [0, 0.1) is 11.6 Å². The first-order valence-corrected chi connectivity index (χ1v) is 7.78. The molecule has 0 saturated heterocycles. The summed E-state index contributed by atoms with van der Waals surface area (Å²) in [7, 11) is 0. The molecule has 24 heavy (non-hydrogen) atoms. The molecule has 2 aromatic carbocycles. The van der Waals surface area contributed by atoms with E-state index in [-0.39, 0.29) is 18.7 Å². The Bertz CT molecular complexity index is 828. The van der Waals surface area contributed by atoms with E-state index in [9.17, 15) is 13.9 Å². The molecule has 6 heteroatoms. The zero-order chi connectivity index (χ0) is 17.1. The average Bonchev–Trinajstić information content (AvgIpc) is 2.90. The van der Waals surface area contributed by atoms with Gasteiger partial charge in [0.1, 0.15) is 23.6 Å². The van der Waals surface area contributed by atoms with Crippen LogP contribution in [-0.2, 0) is 13.0 Å². The Hall–Kier alpha value is -2.31. The van der Waals surface area contributed by atoms with E-state index in [2.05, 4.69) is 4.98 Å². The van der Waals surface area contributed by atoms with E-state index in [0.29, 0.717) is 18.7 Å². The Morgan fingerprint density at radius 1 is 1.04 bits per heavy atom. The maximum Gasteiger partial charge on any atom is 0.132 e. The fraction of sp³-hybridized carbons (Fsp3) is 0.278. The highest BCUT2D eigenvalue weighted by molar-refractivity contribution is 5.75. The van der Waals surface area contributed by atoms with Gasteiger partial charge in [-0.05, 0) is 30.7 Å². The number of para-hydroxylation sites is 2. The van der Waals surface area contributed by atoms with Gasteiger partial charge in [0, 0.05) is 13.0 Å². The fourth-order valence-electron chi connectivity index (χ4n) is 2.85. The summed E-state index contributed by atoms with van der Waals surface area (Å²) in [6, 6.07) is 10.9. The van der Waals surface area contributed by atoms with Crippen LogP contribution in [0.2, 0.25) is 0 Å². The van der Waals surface area contributed by atoms with Crippen LogP contribution in [-0.4, -0.2) is 26.4 Å². The third-order valence-electron chi connectivity index (χ3n) is 3.98. The number of fused-ring (bicyclic) bond motifs is 1. The summed E-state index contributed by atoms with van der Waals surface area (Å²) < 4.78 is 29.5. The van der Waals surface area contributed by atoms with E-state index in [1.54, 1.807) is 4.57 Å². The standard InChI is InChI=1S/C18H18F2N2O2/c19-12-5-3-6-13(20)18(12)16(24)11-22-15-8-2-1-7-14(15)21-17(22)9-4-10-23/h1-3,5-8,16,23-24H,4,9-11H2. The molecule has 0 radical (unpaired) electrons. The molecule has 2 N–H and O–H groups in total. The van der Waals surface area contributed by atoms with E-state index in [4.69, 9.17) is 5.11 Å². The van der Waals surface area contributed by atoms with Crippen LogP contribution in [0.25, 0.3) is 11.0 Å². The molecule has 0 aliphatic rings. The third-order valence-corrected chi connectivity index (χ3v) is 3.98. The Labute approximate surface area is 138 Å². The summed E-state index contributed by atoms with van der Waals surface area (Å²) in [6.07, 6.45) is -0.304. The van der Waals surface area contributed by atoms with E-state index in [1.807, 2.05) is 24.3 Å². The number of imidazole rings is 1. The van der Waals surface area contributed by atoms with E-state index >= 15 is 0 Å². The molecule has 0 saturated carbocycles. The first-order chi connectivity index (χ1) is 11.6. The van der Waals surface area contributed by atoms with Gasteiger partial charge in [0.2, 0.25) is 0 Å². The summed E-state index contributed by atoms with van der Waals surface area (Å²) in [5.41, 5.74) is 1.18. The Kier molecular flexibility index (Phi) is 4.87. The number of rotatable bonds is 6. The summed E-state index contributed by atoms with van der Waals surface area (Å²) >= 11 is 0. The van der Waals surface area contributed by atoms with Gasteiger partial charge in [0.15, 0.2) is 0 Å². The van der Waals surface area contributed by atoms with Gasteiger partial charge >= 0.3 is 0 Å². The number of hydrogen-bond acceptors (Lipinski definition) is 3.